The summed E-state index contributed by atoms with van der Waals surface area (Å²) in [5, 5.41) is 3.38. The third-order valence-corrected chi connectivity index (χ3v) is 4.39. The fourth-order valence-corrected chi connectivity index (χ4v) is 3.06. The normalized spacial score (nSPS) is 24.8. The number of hydrogen-bond donors (Lipinski definition) is 1. The molecule has 1 N–H and O–H groups in total. The molecule has 0 bridgehead atoms. The van der Waals surface area contributed by atoms with Crippen LogP contribution in [0.2, 0.25) is 0 Å². The number of amides is 1. The van der Waals surface area contributed by atoms with Gasteiger partial charge in [0.2, 0.25) is 0 Å². The van der Waals surface area contributed by atoms with Gasteiger partial charge in [0.25, 0.3) is 5.91 Å². The highest BCUT2D eigenvalue weighted by atomic mass is 35.5. The predicted octanol–water partition coefficient (Wildman–Crippen LogP) is 1.56. The van der Waals surface area contributed by atoms with Gasteiger partial charge in [-0.2, -0.15) is 0 Å². The third-order valence-electron chi connectivity index (χ3n) is 4.39. The molecule has 2 unspecified atom stereocenters. The molecule has 2 atom stereocenters. The Morgan fingerprint density at radius 2 is 2.09 bits per heavy atom. The van der Waals surface area contributed by atoms with Gasteiger partial charge < -0.3 is 19.7 Å². The second-order valence-corrected chi connectivity index (χ2v) is 5.78. The summed E-state index contributed by atoms with van der Waals surface area (Å²) in [7, 11) is 0. The summed E-state index contributed by atoms with van der Waals surface area (Å²) in [6.07, 6.45) is 0.572. The zero-order valence-corrected chi connectivity index (χ0v) is 14.3. The van der Waals surface area contributed by atoms with Gasteiger partial charge in [-0.3, -0.25) is 4.79 Å². The fourth-order valence-electron chi connectivity index (χ4n) is 3.06. The van der Waals surface area contributed by atoms with Gasteiger partial charge in [-0.1, -0.05) is 31.2 Å². The van der Waals surface area contributed by atoms with E-state index in [1.54, 1.807) is 0 Å². The Balaban J connectivity index is 0.00000192. The van der Waals surface area contributed by atoms with Gasteiger partial charge in [0.05, 0.1) is 25.9 Å². The quantitative estimate of drug-likeness (QED) is 0.907. The number of benzene rings is 1. The van der Waals surface area contributed by atoms with E-state index < -0.39 is 6.10 Å². The zero-order valence-electron chi connectivity index (χ0n) is 13.5. The summed E-state index contributed by atoms with van der Waals surface area (Å²) in [6.45, 7) is 5.90. The lowest BCUT2D eigenvalue weighted by Crippen LogP contribution is -2.53. The Bertz CT molecular complexity index is 503. The minimum atomic E-state index is -0.454. The number of rotatable bonds is 3. The molecule has 1 amide bonds. The molecule has 2 aliphatic heterocycles. The highest BCUT2D eigenvalue weighted by Gasteiger charge is 2.34. The van der Waals surface area contributed by atoms with Crippen molar-refractivity contribution in [3.05, 3.63) is 35.4 Å². The van der Waals surface area contributed by atoms with E-state index in [4.69, 9.17) is 9.47 Å². The first-order chi connectivity index (χ1) is 10.8. The Labute approximate surface area is 143 Å². The Kier molecular flexibility index (Phi) is 6.84. The molecule has 2 fully saturated rings. The first kappa shape index (κ1) is 18.2. The molecule has 0 aliphatic carbocycles. The van der Waals surface area contributed by atoms with Gasteiger partial charge in [-0.25, -0.2) is 0 Å². The smallest absolute Gasteiger partial charge is 0.254 e. The van der Waals surface area contributed by atoms with Crippen molar-refractivity contribution in [3.63, 3.8) is 0 Å². The molecule has 3 rings (SSSR count). The summed E-state index contributed by atoms with van der Waals surface area (Å²) >= 11 is 0. The van der Waals surface area contributed by atoms with Crippen LogP contribution in [0.1, 0.15) is 24.1 Å². The van der Waals surface area contributed by atoms with Crippen LogP contribution in [0.5, 0.6) is 0 Å². The molecule has 6 heteroatoms. The largest absolute Gasteiger partial charge is 0.376 e. The minimum Gasteiger partial charge on any atom is -0.376 e. The van der Waals surface area contributed by atoms with E-state index in [1.807, 2.05) is 4.90 Å². The molecule has 5 nitrogen and oxygen atoms in total. The number of nitrogens with one attached hydrogen (secondary N) is 1. The molecule has 128 valence electrons. The Morgan fingerprint density at radius 3 is 2.74 bits per heavy atom. The van der Waals surface area contributed by atoms with Crippen molar-refractivity contribution >= 4 is 18.3 Å². The van der Waals surface area contributed by atoms with Gasteiger partial charge in [0.15, 0.2) is 6.10 Å². The van der Waals surface area contributed by atoms with Crippen molar-refractivity contribution in [2.75, 3.05) is 39.5 Å². The molecule has 2 saturated heterocycles. The molecule has 0 aromatic heterocycles. The fraction of sp³-hybridized carbons (Fsp3) is 0.588. The Morgan fingerprint density at radius 1 is 1.30 bits per heavy atom. The average molecular weight is 341 g/mol. The van der Waals surface area contributed by atoms with Gasteiger partial charge in [0.1, 0.15) is 0 Å². The van der Waals surface area contributed by atoms with E-state index >= 15 is 0 Å². The van der Waals surface area contributed by atoms with Crippen LogP contribution in [0.3, 0.4) is 0 Å². The number of halogens is 1. The van der Waals surface area contributed by atoms with Gasteiger partial charge in [-0.05, 0) is 17.5 Å². The number of carbonyl (C=O) groups excluding carboxylic acids is 1. The second-order valence-electron chi connectivity index (χ2n) is 5.78. The highest BCUT2D eigenvalue weighted by molar-refractivity contribution is 5.85. The van der Waals surface area contributed by atoms with Crippen molar-refractivity contribution in [2.24, 2.45) is 0 Å². The molecule has 1 aromatic rings. The molecule has 0 spiro atoms. The molecule has 2 aliphatic rings. The Hall–Kier alpha value is -1.14. The van der Waals surface area contributed by atoms with Gasteiger partial charge in [-0.15, -0.1) is 12.4 Å². The monoisotopic (exact) mass is 340 g/mol. The maximum absolute atomic E-state index is 12.8. The third kappa shape index (κ3) is 4.23. The number of piperazine rings is 1. The predicted molar refractivity (Wildman–Crippen MR) is 91.0 cm³/mol. The highest BCUT2D eigenvalue weighted by Crippen LogP contribution is 2.24. The summed E-state index contributed by atoms with van der Waals surface area (Å²) < 4.78 is 11.0. The average Bonchev–Trinajstić information content (AvgIpc) is 2.62. The summed E-state index contributed by atoms with van der Waals surface area (Å²) in [5.74, 6) is 0.0470. The van der Waals surface area contributed by atoms with Crippen molar-refractivity contribution in [2.45, 2.75) is 25.5 Å². The molecular weight excluding hydrogens is 316 g/mol. The summed E-state index contributed by atoms with van der Waals surface area (Å²) in [4.78, 5) is 14.7. The van der Waals surface area contributed by atoms with Crippen molar-refractivity contribution in [1.29, 1.82) is 0 Å². The number of nitrogens with zero attached hydrogens (tertiary/aromatic N) is 1. The maximum Gasteiger partial charge on any atom is 0.254 e. The first-order valence-corrected chi connectivity index (χ1v) is 8.09. The molecule has 0 radical (unpaired) electrons. The van der Waals surface area contributed by atoms with E-state index in [0.29, 0.717) is 26.4 Å². The van der Waals surface area contributed by atoms with Crippen LogP contribution in [0.15, 0.2) is 24.3 Å². The lowest BCUT2D eigenvalue weighted by molar-refractivity contribution is -0.161. The summed E-state index contributed by atoms with van der Waals surface area (Å²) in [6, 6.07) is 8.63. The van der Waals surface area contributed by atoms with Crippen LogP contribution in [0, 0.1) is 0 Å². The molecular formula is C17H25ClN2O3. The van der Waals surface area contributed by atoms with Crippen molar-refractivity contribution in [1.82, 2.24) is 10.2 Å². The van der Waals surface area contributed by atoms with Crippen molar-refractivity contribution < 1.29 is 14.3 Å². The van der Waals surface area contributed by atoms with Gasteiger partial charge in [0, 0.05) is 19.6 Å². The maximum atomic E-state index is 12.8. The number of carbonyl (C=O) groups is 1. The second kappa shape index (κ2) is 8.64. The minimum absolute atomic E-state index is 0. The first-order valence-electron chi connectivity index (χ1n) is 8.09. The lowest BCUT2D eigenvalue weighted by Gasteiger charge is -2.39. The lowest BCUT2D eigenvalue weighted by atomic mass is 10.0. The number of ether oxygens (including phenoxy) is 2. The van der Waals surface area contributed by atoms with Crippen LogP contribution in [0.25, 0.3) is 0 Å². The van der Waals surface area contributed by atoms with E-state index in [-0.39, 0.29) is 24.4 Å². The SMILES string of the molecule is CCc1ccc(C2CNCCN2C(=O)C2COCCO2)cc1.Cl. The number of aryl methyl sites for hydroxylation is 1. The van der Waals surface area contributed by atoms with Crippen molar-refractivity contribution in [3.8, 4) is 0 Å². The molecule has 1 aromatic carbocycles. The van der Waals surface area contributed by atoms with Gasteiger partial charge >= 0.3 is 0 Å². The molecule has 0 saturated carbocycles. The number of hydrogen-bond acceptors (Lipinski definition) is 4. The molecule has 2 heterocycles. The standard InChI is InChI=1S/C17H24N2O3.ClH/c1-2-13-3-5-14(6-4-13)15-11-18-7-8-19(15)17(20)16-12-21-9-10-22-16;/h3-6,15-16,18H,2,7-12H2,1H3;1H. The van der Waals surface area contributed by atoms with Crippen LogP contribution in [0.4, 0.5) is 0 Å². The van der Waals surface area contributed by atoms with Crippen LogP contribution in [-0.2, 0) is 20.7 Å². The van der Waals surface area contributed by atoms with E-state index in [1.165, 1.54) is 11.1 Å². The zero-order chi connectivity index (χ0) is 15.4. The molecule has 23 heavy (non-hydrogen) atoms. The van der Waals surface area contributed by atoms with Crippen LogP contribution >= 0.6 is 12.4 Å². The van der Waals surface area contributed by atoms with E-state index in [0.717, 1.165) is 19.5 Å². The topological polar surface area (TPSA) is 50.8 Å². The van der Waals surface area contributed by atoms with Crippen LogP contribution in [-0.4, -0.2) is 56.4 Å². The van der Waals surface area contributed by atoms with E-state index in [2.05, 4.69) is 36.5 Å². The van der Waals surface area contributed by atoms with E-state index in [9.17, 15) is 4.79 Å². The summed E-state index contributed by atoms with van der Waals surface area (Å²) in [5.41, 5.74) is 2.49. The van der Waals surface area contributed by atoms with Crippen LogP contribution < -0.4 is 5.32 Å².